The summed E-state index contributed by atoms with van der Waals surface area (Å²) in [7, 11) is 1.63. The highest BCUT2D eigenvalue weighted by Crippen LogP contribution is 2.22. The first kappa shape index (κ1) is 15.3. The van der Waals surface area contributed by atoms with Crippen LogP contribution in [-0.4, -0.2) is 17.9 Å². The molecule has 0 saturated heterocycles. The molecule has 0 bridgehead atoms. The highest BCUT2D eigenvalue weighted by atomic mass is 35.5. The van der Waals surface area contributed by atoms with Crippen molar-refractivity contribution in [3.8, 4) is 0 Å². The van der Waals surface area contributed by atoms with Crippen molar-refractivity contribution in [3.63, 3.8) is 0 Å². The molecule has 0 spiro atoms. The molecule has 0 heterocycles. The van der Waals surface area contributed by atoms with Crippen molar-refractivity contribution in [3.05, 3.63) is 64.4 Å². The molecule has 0 aromatic heterocycles. The molecule has 0 fully saturated rings. The lowest BCUT2D eigenvalue weighted by molar-refractivity contribution is 0.0786. The summed E-state index contributed by atoms with van der Waals surface area (Å²) in [6.07, 6.45) is 0. The maximum atomic E-state index is 13.2. The molecular formula is C15H15ClFN3O. The summed E-state index contributed by atoms with van der Waals surface area (Å²) in [6.45, 7) is 0.285. The molecule has 6 heteroatoms. The normalized spacial score (nSPS) is 10.3. The van der Waals surface area contributed by atoms with Gasteiger partial charge in [0.15, 0.2) is 0 Å². The molecule has 4 nitrogen and oxygen atoms in total. The number of rotatable bonds is 4. The predicted octanol–water partition coefficient (Wildman–Crippen LogP) is 3.04. The van der Waals surface area contributed by atoms with Crippen LogP contribution in [0.2, 0.25) is 5.02 Å². The van der Waals surface area contributed by atoms with Crippen molar-refractivity contribution in [1.29, 1.82) is 0 Å². The van der Waals surface area contributed by atoms with Crippen LogP contribution in [0.5, 0.6) is 0 Å². The van der Waals surface area contributed by atoms with E-state index in [1.54, 1.807) is 37.4 Å². The van der Waals surface area contributed by atoms with Crippen molar-refractivity contribution in [2.75, 3.05) is 12.5 Å². The third-order valence-corrected chi connectivity index (χ3v) is 3.26. The van der Waals surface area contributed by atoms with Crippen LogP contribution < -0.4 is 11.3 Å². The van der Waals surface area contributed by atoms with E-state index in [2.05, 4.69) is 5.43 Å². The Morgan fingerprint density at radius 1 is 1.33 bits per heavy atom. The van der Waals surface area contributed by atoms with Gasteiger partial charge in [-0.3, -0.25) is 10.6 Å². The van der Waals surface area contributed by atoms with Crippen LogP contribution in [-0.2, 0) is 6.54 Å². The van der Waals surface area contributed by atoms with Crippen LogP contribution in [0.25, 0.3) is 0 Å². The highest BCUT2D eigenvalue weighted by Gasteiger charge is 2.16. The van der Waals surface area contributed by atoms with Crippen molar-refractivity contribution in [1.82, 2.24) is 4.90 Å². The largest absolute Gasteiger partial charge is 0.337 e. The molecule has 1 amide bonds. The summed E-state index contributed by atoms with van der Waals surface area (Å²) in [5, 5.41) is 0.441. The first-order valence-corrected chi connectivity index (χ1v) is 6.65. The summed E-state index contributed by atoms with van der Waals surface area (Å²) >= 11 is 5.91. The first-order valence-electron chi connectivity index (χ1n) is 6.27. The van der Waals surface area contributed by atoms with E-state index in [1.165, 1.54) is 17.0 Å². The topological polar surface area (TPSA) is 58.4 Å². The second kappa shape index (κ2) is 6.56. The highest BCUT2D eigenvalue weighted by molar-refractivity contribution is 6.31. The number of nitrogen functional groups attached to an aromatic ring is 1. The maximum Gasteiger partial charge on any atom is 0.256 e. The Kier molecular flexibility index (Phi) is 4.77. The minimum absolute atomic E-state index is 0.255. The van der Waals surface area contributed by atoms with Crippen LogP contribution in [0.1, 0.15) is 15.9 Å². The molecule has 3 N–H and O–H groups in total. The van der Waals surface area contributed by atoms with Gasteiger partial charge in [-0.1, -0.05) is 23.7 Å². The zero-order valence-corrected chi connectivity index (χ0v) is 12.2. The Morgan fingerprint density at radius 2 is 2.10 bits per heavy atom. The minimum Gasteiger partial charge on any atom is -0.337 e. The number of carbonyl (C=O) groups is 1. The maximum absolute atomic E-state index is 13.2. The standard InChI is InChI=1S/C15H15ClFN3O/c1-20(9-10-3-2-4-12(17)7-10)15(21)13-8-11(16)5-6-14(13)19-18/h2-8,19H,9,18H2,1H3. The Balaban J connectivity index is 2.21. The fourth-order valence-electron chi connectivity index (χ4n) is 2.01. The van der Waals surface area contributed by atoms with Crippen molar-refractivity contribution in [2.24, 2.45) is 5.84 Å². The fraction of sp³-hybridized carbons (Fsp3) is 0.133. The van der Waals surface area contributed by atoms with Gasteiger partial charge in [-0.25, -0.2) is 4.39 Å². The van der Waals surface area contributed by atoms with Gasteiger partial charge in [0.05, 0.1) is 11.3 Å². The second-order valence-corrected chi connectivity index (χ2v) is 5.06. The van der Waals surface area contributed by atoms with Gasteiger partial charge in [-0.2, -0.15) is 0 Å². The molecule has 2 rings (SSSR count). The molecule has 21 heavy (non-hydrogen) atoms. The van der Waals surface area contributed by atoms with Crippen LogP contribution >= 0.6 is 11.6 Å². The zero-order valence-electron chi connectivity index (χ0n) is 11.4. The Bertz CT molecular complexity index is 663. The molecule has 110 valence electrons. The van der Waals surface area contributed by atoms with Crippen molar-refractivity contribution < 1.29 is 9.18 Å². The number of hydrogen-bond acceptors (Lipinski definition) is 3. The number of anilines is 1. The average molecular weight is 308 g/mol. The van der Waals surface area contributed by atoms with E-state index in [-0.39, 0.29) is 18.3 Å². The molecule has 0 saturated carbocycles. The van der Waals surface area contributed by atoms with E-state index in [1.807, 2.05) is 0 Å². The van der Waals surface area contributed by atoms with Crippen molar-refractivity contribution >= 4 is 23.2 Å². The third-order valence-electron chi connectivity index (χ3n) is 3.02. The van der Waals surface area contributed by atoms with Gasteiger partial charge >= 0.3 is 0 Å². The van der Waals surface area contributed by atoms with Gasteiger partial charge in [-0.15, -0.1) is 0 Å². The molecule has 2 aromatic rings. The van der Waals surface area contributed by atoms with E-state index >= 15 is 0 Å². The summed E-state index contributed by atoms with van der Waals surface area (Å²) in [6, 6.07) is 10.9. The second-order valence-electron chi connectivity index (χ2n) is 4.63. The third kappa shape index (κ3) is 3.71. The smallest absolute Gasteiger partial charge is 0.256 e. The number of nitrogens with one attached hydrogen (secondary N) is 1. The molecule has 0 atom stereocenters. The lowest BCUT2D eigenvalue weighted by Gasteiger charge is -2.19. The Hall–Kier alpha value is -2.11. The van der Waals surface area contributed by atoms with E-state index in [0.29, 0.717) is 21.8 Å². The number of benzene rings is 2. The zero-order chi connectivity index (χ0) is 15.4. The number of nitrogens with two attached hydrogens (primary N) is 1. The Labute approximate surface area is 127 Å². The van der Waals surface area contributed by atoms with E-state index in [4.69, 9.17) is 17.4 Å². The molecule has 2 aromatic carbocycles. The summed E-state index contributed by atoms with van der Waals surface area (Å²) < 4.78 is 13.2. The molecule has 0 radical (unpaired) electrons. The van der Waals surface area contributed by atoms with Crippen LogP contribution in [0.3, 0.4) is 0 Å². The number of amides is 1. The van der Waals surface area contributed by atoms with Crippen LogP contribution in [0.15, 0.2) is 42.5 Å². The van der Waals surface area contributed by atoms with Gasteiger partial charge in [-0.05, 0) is 35.9 Å². The summed E-state index contributed by atoms with van der Waals surface area (Å²) in [4.78, 5) is 13.9. The van der Waals surface area contributed by atoms with Crippen LogP contribution in [0.4, 0.5) is 10.1 Å². The first-order chi connectivity index (χ1) is 10.0. The van der Waals surface area contributed by atoms with Gasteiger partial charge in [0.2, 0.25) is 0 Å². The molecule has 0 aliphatic heterocycles. The van der Waals surface area contributed by atoms with Gasteiger partial charge in [0.25, 0.3) is 5.91 Å². The molecule has 0 aliphatic carbocycles. The quantitative estimate of drug-likeness (QED) is 0.674. The van der Waals surface area contributed by atoms with Crippen LogP contribution in [0, 0.1) is 5.82 Å². The van der Waals surface area contributed by atoms with E-state index in [0.717, 1.165) is 0 Å². The fourth-order valence-corrected chi connectivity index (χ4v) is 2.18. The van der Waals surface area contributed by atoms with Gasteiger partial charge < -0.3 is 10.3 Å². The minimum atomic E-state index is -0.333. The number of hydrogen-bond donors (Lipinski definition) is 2. The summed E-state index contributed by atoms with van der Waals surface area (Å²) in [5.41, 5.74) is 4.02. The SMILES string of the molecule is CN(Cc1cccc(F)c1)C(=O)c1cc(Cl)ccc1NN. The van der Waals surface area contributed by atoms with E-state index in [9.17, 15) is 9.18 Å². The number of halogens is 2. The lowest BCUT2D eigenvalue weighted by Crippen LogP contribution is -2.27. The predicted molar refractivity (Wildman–Crippen MR) is 81.5 cm³/mol. The monoisotopic (exact) mass is 307 g/mol. The molecule has 0 aliphatic rings. The molecule has 0 unspecified atom stereocenters. The number of hydrazine groups is 1. The molecular weight excluding hydrogens is 293 g/mol. The lowest BCUT2D eigenvalue weighted by atomic mass is 10.1. The number of nitrogens with zero attached hydrogens (tertiary/aromatic N) is 1. The average Bonchev–Trinajstić information content (AvgIpc) is 2.46. The van der Waals surface area contributed by atoms with Gasteiger partial charge in [0.1, 0.15) is 5.82 Å². The summed E-state index contributed by atoms with van der Waals surface area (Å²) in [5.74, 6) is 4.81. The van der Waals surface area contributed by atoms with E-state index < -0.39 is 0 Å². The van der Waals surface area contributed by atoms with Gasteiger partial charge in [0, 0.05) is 18.6 Å². The Morgan fingerprint density at radius 3 is 2.76 bits per heavy atom. The van der Waals surface area contributed by atoms with Crippen molar-refractivity contribution in [2.45, 2.75) is 6.54 Å². The number of carbonyl (C=O) groups excluding carboxylic acids is 1.